The molecular weight excluding hydrogens is 258 g/mol. The lowest BCUT2D eigenvalue weighted by Crippen LogP contribution is -2.18. The van der Waals surface area contributed by atoms with Gasteiger partial charge in [0.2, 0.25) is 12.7 Å². The Balaban J connectivity index is 1.79. The van der Waals surface area contributed by atoms with Crippen molar-refractivity contribution in [3.05, 3.63) is 41.6 Å². The molecule has 1 aromatic rings. The average Bonchev–Trinajstić information content (AvgIpc) is 3.00. The Morgan fingerprint density at radius 1 is 1.25 bits per heavy atom. The molecule has 1 unspecified atom stereocenters. The molecule has 1 fully saturated rings. The standard InChI is InChI=1S/C15H13NO4/c17-11-6-13-12(19-7-20-13)5-9(11)14-8-3-1-2-4-10(8)16-15(14)18/h1-2,4-6,8,14,17H,3,7H2,(H,16,18)/t8?,14-/m0/s1. The van der Waals surface area contributed by atoms with Crippen molar-refractivity contribution in [2.75, 3.05) is 6.79 Å². The molecule has 5 heteroatoms. The highest BCUT2D eigenvalue weighted by molar-refractivity contribution is 5.90. The molecule has 2 heterocycles. The summed E-state index contributed by atoms with van der Waals surface area (Å²) in [6.07, 6.45) is 6.67. The zero-order valence-corrected chi connectivity index (χ0v) is 10.6. The molecule has 102 valence electrons. The van der Waals surface area contributed by atoms with Gasteiger partial charge in [0.1, 0.15) is 5.75 Å². The summed E-state index contributed by atoms with van der Waals surface area (Å²) in [6.45, 7) is 0.145. The summed E-state index contributed by atoms with van der Waals surface area (Å²) in [5.41, 5.74) is 1.51. The molecule has 2 aliphatic heterocycles. The second-order valence-electron chi connectivity index (χ2n) is 5.12. The SMILES string of the molecule is O=C1NC2=CC=CCC2[C@H]1c1cc2c(cc1O)OCO2. The predicted molar refractivity (Wildman–Crippen MR) is 70.4 cm³/mol. The number of hydrogen-bond donors (Lipinski definition) is 2. The number of nitrogens with one attached hydrogen (secondary N) is 1. The van der Waals surface area contributed by atoms with Crippen molar-refractivity contribution in [3.8, 4) is 17.2 Å². The van der Waals surface area contributed by atoms with Gasteiger partial charge in [-0.1, -0.05) is 12.2 Å². The molecule has 0 spiro atoms. The third-order valence-electron chi connectivity index (χ3n) is 4.01. The Labute approximate surface area is 115 Å². The van der Waals surface area contributed by atoms with E-state index in [0.717, 1.165) is 12.1 Å². The Bertz CT molecular complexity index is 662. The first-order valence-corrected chi connectivity index (χ1v) is 6.54. The number of rotatable bonds is 1. The van der Waals surface area contributed by atoms with Crippen LogP contribution in [0, 0.1) is 5.92 Å². The van der Waals surface area contributed by atoms with Crippen molar-refractivity contribution in [2.45, 2.75) is 12.3 Å². The quantitative estimate of drug-likeness (QED) is 0.817. The number of ether oxygens (including phenoxy) is 2. The summed E-state index contributed by atoms with van der Waals surface area (Å²) >= 11 is 0. The van der Waals surface area contributed by atoms with Gasteiger partial charge in [0, 0.05) is 23.2 Å². The van der Waals surface area contributed by atoms with Crippen LogP contribution in [0.15, 0.2) is 36.1 Å². The first-order chi connectivity index (χ1) is 9.74. The zero-order chi connectivity index (χ0) is 13.7. The number of phenols is 1. The van der Waals surface area contributed by atoms with E-state index in [0.29, 0.717) is 17.1 Å². The third-order valence-corrected chi connectivity index (χ3v) is 4.01. The van der Waals surface area contributed by atoms with Crippen LogP contribution in [-0.2, 0) is 4.79 Å². The van der Waals surface area contributed by atoms with Crippen LogP contribution in [0.25, 0.3) is 0 Å². The number of fused-ring (bicyclic) bond motifs is 2. The molecular formula is C15H13NO4. The van der Waals surface area contributed by atoms with E-state index in [1.165, 1.54) is 6.07 Å². The minimum Gasteiger partial charge on any atom is -0.507 e. The fraction of sp³-hybridized carbons (Fsp3) is 0.267. The van der Waals surface area contributed by atoms with Gasteiger partial charge in [-0.15, -0.1) is 0 Å². The molecule has 0 saturated carbocycles. The second-order valence-corrected chi connectivity index (χ2v) is 5.12. The Hall–Kier alpha value is -2.43. The molecule has 3 aliphatic rings. The van der Waals surface area contributed by atoms with E-state index in [4.69, 9.17) is 9.47 Å². The monoisotopic (exact) mass is 271 g/mol. The van der Waals surface area contributed by atoms with Gasteiger partial charge in [-0.2, -0.15) is 0 Å². The molecule has 1 amide bonds. The van der Waals surface area contributed by atoms with Crippen molar-refractivity contribution in [3.63, 3.8) is 0 Å². The van der Waals surface area contributed by atoms with Crippen molar-refractivity contribution < 1.29 is 19.4 Å². The van der Waals surface area contributed by atoms with Gasteiger partial charge in [-0.25, -0.2) is 0 Å². The molecule has 2 atom stereocenters. The summed E-state index contributed by atoms with van der Waals surface area (Å²) in [5.74, 6) is 0.752. The Kier molecular flexibility index (Phi) is 2.30. The van der Waals surface area contributed by atoms with Gasteiger partial charge in [-0.3, -0.25) is 4.79 Å². The van der Waals surface area contributed by atoms with Crippen molar-refractivity contribution >= 4 is 5.91 Å². The van der Waals surface area contributed by atoms with Gasteiger partial charge < -0.3 is 19.9 Å². The number of aromatic hydroxyl groups is 1. The lowest BCUT2D eigenvalue weighted by Gasteiger charge is -2.19. The van der Waals surface area contributed by atoms with Crippen LogP contribution in [0.2, 0.25) is 0 Å². The maximum Gasteiger partial charge on any atom is 0.232 e. The van der Waals surface area contributed by atoms with Crippen LogP contribution in [0.4, 0.5) is 0 Å². The Morgan fingerprint density at radius 3 is 2.90 bits per heavy atom. The fourth-order valence-electron chi connectivity index (χ4n) is 3.05. The van der Waals surface area contributed by atoms with E-state index in [1.54, 1.807) is 6.07 Å². The number of amides is 1. The summed E-state index contributed by atoms with van der Waals surface area (Å²) < 4.78 is 10.6. The van der Waals surface area contributed by atoms with E-state index < -0.39 is 0 Å². The first kappa shape index (κ1) is 11.4. The fourth-order valence-corrected chi connectivity index (χ4v) is 3.05. The smallest absolute Gasteiger partial charge is 0.232 e. The van der Waals surface area contributed by atoms with Crippen LogP contribution < -0.4 is 14.8 Å². The van der Waals surface area contributed by atoms with E-state index in [2.05, 4.69) is 5.32 Å². The average molecular weight is 271 g/mol. The molecule has 5 nitrogen and oxygen atoms in total. The van der Waals surface area contributed by atoms with E-state index in [-0.39, 0.29) is 30.3 Å². The van der Waals surface area contributed by atoms with Crippen LogP contribution in [0.3, 0.4) is 0 Å². The number of benzene rings is 1. The van der Waals surface area contributed by atoms with Crippen molar-refractivity contribution in [2.24, 2.45) is 5.92 Å². The first-order valence-electron chi connectivity index (χ1n) is 6.54. The van der Waals surface area contributed by atoms with Crippen LogP contribution >= 0.6 is 0 Å². The van der Waals surface area contributed by atoms with Gasteiger partial charge in [-0.05, 0) is 18.6 Å². The molecule has 1 aliphatic carbocycles. The second kappa shape index (κ2) is 4.03. The maximum atomic E-state index is 12.2. The normalized spacial score (nSPS) is 26.2. The van der Waals surface area contributed by atoms with Gasteiger partial charge in [0.25, 0.3) is 0 Å². The molecule has 0 bridgehead atoms. The molecule has 20 heavy (non-hydrogen) atoms. The van der Waals surface area contributed by atoms with E-state index in [9.17, 15) is 9.90 Å². The van der Waals surface area contributed by atoms with Crippen LogP contribution in [-0.4, -0.2) is 17.8 Å². The summed E-state index contributed by atoms with van der Waals surface area (Å²) in [6, 6.07) is 3.23. The molecule has 0 aromatic heterocycles. The summed E-state index contributed by atoms with van der Waals surface area (Å²) in [5, 5.41) is 13.1. The number of hydrogen-bond acceptors (Lipinski definition) is 4. The topological polar surface area (TPSA) is 67.8 Å². The highest BCUT2D eigenvalue weighted by Gasteiger charge is 2.41. The van der Waals surface area contributed by atoms with Gasteiger partial charge in [0.15, 0.2) is 11.5 Å². The number of carbonyl (C=O) groups excluding carboxylic acids is 1. The van der Waals surface area contributed by atoms with Crippen LogP contribution in [0.5, 0.6) is 17.2 Å². The maximum absolute atomic E-state index is 12.2. The minimum absolute atomic E-state index is 0.0544. The lowest BCUT2D eigenvalue weighted by atomic mass is 9.82. The summed E-state index contributed by atoms with van der Waals surface area (Å²) in [7, 11) is 0. The molecule has 2 N–H and O–H groups in total. The van der Waals surface area contributed by atoms with E-state index >= 15 is 0 Å². The summed E-state index contributed by atoms with van der Waals surface area (Å²) in [4.78, 5) is 12.2. The molecule has 1 saturated heterocycles. The van der Waals surface area contributed by atoms with Gasteiger partial charge >= 0.3 is 0 Å². The van der Waals surface area contributed by atoms with Crippen molar-refractivity contribution in [1.29, 1.82) is 0 Å². The van der Waals surface area contributed by atoms with Gasteiger partial charge in [0.05, 0.1) is 5.92 Å². The number of phenolic OH excluding ortho intramolecular Hbond substituents is 1. The largest absolute Gasteiger partial charge is 0.507 e. The molecule has 0 radical (unpaired) electrons. The minimum atomic E-state index is -0.388. The number of carbonyl (C=O) groups is 1. The third kappa shape index (κ3) is 1.52. The molecule has 1 aromatic carbocycles. The highest BCUT2D eigenvalue weighted by Crippen LogP contribution is 2.46. The zero-order valence-electron chi connectivity index (χ0n) is 10.6. The molecule has 4 rings (SSSR count). The lowest BCUT2D eigenvalue weighted by molar-refractivity contribution is -0.120. The van der Waals surface area contributed by atoms with Crippen LogP contribution in [0.1, 0.15) is 17.9 Å². The van der Waals surface area contributed by atoms with Crippen molar-refractivity contribution in [1.82, 2.24) is 5.32 Å². The highest BCUT2D eigenvalue weighted by atomic mass is 16.7. The number of allylic oxidation sites excluding steroid dienone is 4. The van der Waals surface area contributed by atoms with E-state index in [1.807, 2.05) is 18.2 Å². The Morgan fingerprint density at radius 2 is 2.05 bits per heavy atom. The predicted octanol–water partition coefficient (Wildman–Crippen LogP) is 1.79.